The summed E-state index contributed by atoms with van der Waals surface area (Å²) in [5.74, 6) is -0.887. The Labute approximate surface area is 99.6 Å². The van der Waals surface area contributed by atoms with Gasteiger partial charge >= 0.3 is 13.6 Å². The maximum atomic E-state index is 11.4. The lowest BCUT2D eigenvalue weighted by Crippen LogP contribution is -2.52. The second kappa shape index (κ2) is 4.69. The van der Waals surface area contributed by atoms with Crippen LogP contribution in [0.3, 0.4) is 0 Å². The van der Waals surface area contributed by atoms with Gasteiger partial charge in [0.15, 0.2) is 0 Å². The zero-order chi connectivity index (χ0) is 12.6. The molecule has 4 N–H and O–H groups in total. The topological polar surface area (TPSA) is 107 Å². The van der Waals surface area contributed by atoms with Gasteiger partial charge in [0.25, 0.3) is 0 Å². The van der Waals surface area contributed by atoms with Crippen molar-refractivity contribution in [2.24, 2.45) is 11.8 Å². The van der Waals surface area contributed by atoms with E-state index in [1.807, 2.05) is 0 Å². The molecule has 0 spiro atoms. The third-order valence-corrected chi connectivity index (χ3v) is 5.54. The van der Waals surface area contributed by atoms with Crippen molar-refractivity contribution in [1.82, 2.24) is 5.32 Å². The van der Waals surface area contributed by atoms with E-state index >= 15 is 0 Å². The molecule has 1 aliphatic carbocycles. The lowest BCUT2D eigenvalue weighted by Gasteiger charge is -2.43. The molecule has 0 radical (unpaired) electrons. The van der Waals surface area contributed by atoms with Gasteiger partial charge in [0.1, 0.15) is 6.04 Å². The Balaban J connectivity index is 2.15. The summed E-state index contributed by atoms with van der Waals surface area (Å²) < 4.78 is 11.4. The third-order valence-electron chi connectivity index (χ3n) is 4.04. The van der Waals surface area contributed by atoms with E-state index < -0.39 is 25.3 Å². The highest BCUT2D eigenvalue weighted by Crippen LogP contribution is 2.53. The second-order valence-corrected chi connectivity index (χ2v) is 6.89. The standard InChI is InChI=1S/C10H18NO5P/c12-10(13)8-4-7-6(5-11-8)2-1-3-9(7)17(14,15)16/h6-9,11H,1-5H2,(H,12,13)(H2,14,15,16)/t6-,7-,8-,9-/m0/s1. The zero-order valence-electron chi connectivity index (χ0n) is 9.45. The minimum absolute atomic E-state index is 0.160. The van der Waals surface area contributed by atoms with E-state index in [0.29, 0.717) is 19.4 Å². The van der Waals surface area contributed by atoms with Crippen molar-refractivity contribution in [3.8, 4) is 0 Å². The number of fused-ring (bicyclic) bond motifs is 1. The summed E-state index contributed by atoms with van der Waals surface area (Å²) in [5, 5.41) is 11.9. The van der Waals surface area contributed by atoms with E-state index in [1.165, 1.54) is 0 Å². The molecule has 0 aromatic carbocycles. The maximum Gasteiger partial charge on any atom is 0.328 e. The van der Waals surface area contributed by atoms with E-state index in [0.717, 1.165) is 12.8 Å². The summed E-state index contributed by atoms with van der Waals surface area (Å²) in [6, 6.07) is -0.664. The van der Waals surface area contributed by atoms with Gasteiger partial charge in [-0.25, -0.2) is 0 Å². The van der Waals surface area contributed by atoms with Crippen LogP contribution in [-0.4, -0.2) is 39.1 Å². The van der Waals surface area contributed by atoms with Gasteiger partial charge < -0.3 is 20.2 Å². The van der Waals surface area contributed by atoms with Crippen LogP contribution < -0.4 is 5.32 Å². The third kappa shape index (κ3) is 2.71. The minimum atomic E-state index is -4.11. The van der Waals surface area contributed by atoms with Crippen molar-refractivity contribution in [3.05, 3.63) is 0 Å². The second-order valence-electron chi connectivity index (χ2n) is 5.05. The highest BCUT2D eigenvalue weighted by molar-refractivity contribution is 7.52. The number of carboxylic acid groups (broad SMARTS) is 1. The van der Waals surface area contributed by atoms with Crippen LogP contribution in [0.1, 0.15) is 25.7 Å². The fraction of sp³-hybridized carbons (Fsp3) is 0.900. The molecule has 0 aromatic heterocycles. The number of aliphatic carboxylic acids is 1. The molecule has 2 rings (SSSR count). The molecular weight excluding hydrogens is 245 g/mol. The molecule has 17 heavy (non-hydrogen) atoms. The summed E-state index contributed by atoms with van der Waals surface area (Å²) in [5.41, 5.74) is -0.648. The number of hydrogen-bond acceptors (Lipinski definition) is 3. The molecular formula is C10H18NO5P. The fourth-order valence-electron chi connectivity index (χ4n) is 3.19. The van der Waals surface area contributed by atoms with Gasteiger partial charge in [0.2, 0.25) is 0 Å². The van der Waals surface area contributed by atoms with Crippen LogP contribution >= 0.6 is 7.60 Å². The van der Waals surface area contributed by atoms with Crippen molar-refractivity contribution in [3.63, 3.8) is 0 Å². The Morgan fingerprint density at radius 3 is 2.59 bits per heavy atom. The van der Waals surface area contributed by atoms with Crippen LogP contribution in [0.15, 0.2) is 0 Å². The van der Waals surface area contributed by atoms with Gasteiger partial charge in [-0.3, -0.25) is 9.36 Å². The molecule has 4 atom stereocenters. The molecule has 1 heterocycles. The number of hydrogen-bond donors (Lipinski definition) is 4. The number of nitrogens with one attached hydrogen (secondary N) is 1. The van der Waals surface area contributed by atoms with Gasteiger partial charge in [-0.05, 0) is 37.6 Å². The molecule has 7 heteroatoms. The van der Waals surface area contributed by atoms with E-state index in [1.54, 1.807) is 0 Å². The summed E-state index contributed by atoms with van der Waals surface area (Å²) in [4.78, 5) is 29.6. The molecule has 98 valence electrons. The zero-order valence-corrected chi connectivity index (χ0v) is 10.3. The van der Waals surface area contributed by atoms with Crippen molar-refractivity contribution in [2.45, 2.75) is 37.4 Å². The van der Waals surface area contributed by atoms with Gasteiger partial charge in [-0.15, -0.1) is 0 Å². The van der Waals surface area contributed by atoms with Gasteiger partial charge in [0, 0.05) is 0 Å². The SMILES string of the molecule is O=C(O)[C@@H]1C[C@H]2[C@@H](CCC[C@@H]2P(=O)(O)O)CN1. The van der Waals surface area contributed by atoms with Gasteiger partial charge in [0.05, 0.1) is 5.66 Å². The first-order valence-electron chi connectivity index (χ1n) is 5.91. The van der Waals surface area contributed by atoms with Gasteiger partial charge in [-0.2, -0.15) is 0 Å². The van der Waals surface area contributed by atoms with Crippen molar-refractivity contribution >= 4 is 13.6 Å². The Hall–Kier alpha value is -0.420. The Morgan fingerprint density at radius 1 is 1.29 bits per heavy atom. The Bertz CT molecular complexity index is 355. The van der Waals surface area contributed by atoms with Crippen LogP contribution in [0.2, 0.25) is 0 Å². The molecule has 1 aliphatic heterocycles. The lowest BCUT2D eigenvalue weighted by molar-refractivity contribution is -0.141. The quantitative estimate of drug-likeness (QED) is 0.537. The van der Waals surface area contributed by atoms with Crippen LogP contribution in [0.5, 0.6) is 0 Å². The first-order valence-corrected chi connectivity index (χ1v) is 7.59. The average Bonchev–Trinajstić information content (AvgIpc) is 2.26. The average molecular weight is 263 g/mol. The molecule has 0 bridgehead atoms. The molecule has 2 aliphatic rings. The summed E-state index contributed by atoms with van der Waals surface area (Å²) in [7, 11) is -4.11. The van der Waals surface area contributed by atoms with Crippen molar-refractivity contribution in [1.29, 1.82) is 0 Å². The maximum absolute atomic E-state index is 11.4. The number of rotatable bonds is 2. The van der Waals surface area contributed by atoms with E-state index in [9.17, 15) is 19.1 Å². The predicted octanol–water partition coefficient (Wildman–Crippen LogP) is 0.395. The summed E-state index contributed by atoms with van der Waals surface area (Å²) in [6.45, 7) is 0.554. The monoisotopic (exact) mass is 263 g/mol. The van der Waals surface area contributed by atoms with Gasteiger partial charge in [-0.1, -0.05) is 6.42 Å². The number of carboxylic acids is 1. The summed E-state index contributed by atoms with van der Waals surface area (Å²) in [6.07, 6.45) is 2.59. The predicted molar refractivity (Wildman–Crippen MR) is 60.7 cm³/mol. The molecule has 0 aromatic rings. The number of piperidine rings is 1. The van der Waals surface area contributed by atoms with E-state index in [2.05, 4.69) is 5.32 Å². The summed E-state index contributed by atoms with van der Waals surface area (Å²) >= 11 is 0. The van der Waals surface area contributed by atoms with E-state index in [4.69, 9.17) is 5.11 Å². The fourth-order valence-corrected chi connectivity index (χ4v) is 4.57. The number of carbonyl (C=O) groups is 1. The lowest BCUT2D eigenvalue weighted by atomic mass is 9.73. The van der Waals surface area contributed by atoms with E-state index in [-0.39, 0.29) is 11.8 Å². The molecule has 1 saturated carbocycles. The molecule has 1 saturated heterocycles. The molecule has 0 unspecified atom stereocenters. The highest BCUT2D eigenvalue weighted by Gasteiger charge is 2.46. The first-order chi connectivity index (χ1) is 7.89. The normalized spacial score (nSPS) is 38.5. The highest BCUT2D eigenvalue weighted by atomic mass is 31.2. The largest absolute Gasteiger partial charge is 0.480 e. The minimum Gasteiger partial charge on any atom is -0.480 e. The molecule has 2 fully saturated rings. The Kier molecular flexibility index (Phi) is 3.59. The van der Waals surface area contributed by atoms with Crippen LogP contribution in [0.25, 0.3) is 0 Å². The van der Waals surface area contributed by atoms with Crippen molar-refractivity contribution < 1.29 is 24.3 Å². The molecule has 6 nitrogen and oxygen atoms in total. The first kappa shape index (κ1) is 13.0. The van der Waals surface area contributed by atoms with Crippen molar-refractivity contribution in [2.75, 3.05) is 6.54 Å². The molecule has 0 amide bonds. The van der Waals surface area contributed by atoms with Crippen LogP contribution in [0, 0.1) is 11.8 Å². The van der Waals surface area contributed by atoms with Crippen LogP contribution in [0.4, 0.5) is 0 Å². The smallest absolute Gasteiger partial charge is 0.328 e. The van der Waals surface area contributed by atoms with Crippen LogP contribution in [-0.2, 0) is 9.36 Å². The Morgan fingerprint density at radius 2 is 2.00 bits per heavy atom.